The van der Waals surface area contributed by atoms with Gasteiger partial charge < -0.3 is 11.1 Å². The second kappa shape index (κ2) is 4.77. The third-order valence-corrected chi connectivity index (χ3v) is 3.00. The van der Waals surface area contributed by atoms with E-state index >= 15 is 0 Å². The number of nitrogens with two attached hydrogens (primary N) is 1. The normalized spacial score (nSPS) is 10.7. The van der Waals surface area contributed by atoms with Crippen LogP contribution in [0.5, 0.6) is 0 Å². The maximum atomic E-state index is 13.2. The Morgan fingerprint density at radius 1 is 1.00 bits per heavy atom. The number of nitrogens with one attached hydrogen (secondary N) is 1. The van der Waals surface area contributed by atoms with Crippen molar-refractivity contribution in [2.24, 2.45) is 0 Å². The molecule has 0 aliphatic rings. The van der Waals surface area contributed by atoms with E-state index in [2.05, 4.69) is 10.3 Å². The van der Waals surface area contributed by atoms with Crippen molar-refractivity contribution in [2.75, 3.05) is 11.1 Å². The highest BCUT2D eigenvalue weighted by Gasteiger charge is 2.07. The second-order valence-corrected chi connectivity index (χ2v) is 4.36. The second-order valence-electron chi connectivity index (χ2n) is 4.36. The molecule has 3 nitrogen and oxygen atoms in total. The summed E-state index contributed by atoms with van der Waals surface area (Å²) in [6.07, 6.45) is 1.65. The molecule has 100 valence electrons. The molecular formula is C15H11F2N3. The van der Waals surface area contributed by atoms with E-state index in [0.717, 1.165) is 23.2 Å². The summed E-state index contributed by atoms with van der Waals surface area (Å²) in [5.74, 6) is -1.77. The van der Waals surface area contributed by atoms with Gasteiger partial charge in [-0.25, -0.2) is 8.78 Å². The Balaban J connectivity index is 2.06. The number of aromatic nitrogens is 1. The molecule has 0 unspecified atom stereocenters. The molecule has 1 aromatic heterocycles. The molecule has 0 spiro atoms. The molecule has 2 aromatic carbocycles. The van der Waals surface area contributed by atoms with Crippen LogP contribution in [0.1, 0.15) is 0 Å². The van der Waals surface area contributed by atoms with Crippen molar-refractivity contribution in [1.29, 1.82) is 0 Å². The van der Waals surface area contributed by atoms with Crippen molar-refractivity contribution < 1.29 is 8.78 Å². The van der Waals surface area contributed by atoms with E-state index in [1.165, 1.54) is 6.07 Å². The van der Waals surface area contributed by atoms with Gasteiger partial charge in [0.1, 0.15) is 0 Å². The molecule has 0 fully saturated rings. The molecular weight excluding hydrogens is 260 g/mol. The minimum atomic E-state index is -0.895. The zero-order valence-corrected chi connectivity index (χ0v) is 10.4. The molecule has 0 aliphatic heterocycles. The first kappa shape index (κ1) is 12.3. The number of hydrogen-bond acceptors (Lipinski definition) is 3. The van der Waals surface area contributed by atoms with Crippen molar-refractivity contribution in [3.05, 3.63) is 60.3 Å². The number of nitrogens with zero attached hydrogens (tertiary/aromatic N) is 1. The van der Waals surface area contributed by atoms with Gasteiger partial charge >= 0.3 is 0 Å². The average Bonchev–Trinajstić information content (AvgIpc) is 2.46. The van der Waals surface area contributed by atoms with E-state index in [0.29, 0.717) is 16.9 Å². The van der Waals surface area contributed by atoms with Crippen LogP contribution in [0.4, 0.5) is 25.8 Å². The Bertz CT molecular complexity index is 787. The standard InChI is InChI=1S/C15H11F2N3/c16-11-4-3-9(8-12(11)17)20-14-6-5-13(18)15-10(14)2-1-7-19-15/h1-8,20H,18H2. The molecule has 0 bridgehead atoms. The summed E-state index contributed by atoms with van der Waals surface area (Å²) in [7, 11) is 0. The van der Waals surface area contributed by atoms with Crippen molar-refractivity contribution >= 4 is 28.0 Å². The highest BCUT2D eigenvalue weighted by Crippen LogP contribution is 2.29. The Labute approximate surface area is 114 Å². The summed E-state index contributed by atoms with van der Waals surface area (Å²) in [5, 5.41) is 3.86. The fourth-order valence-electron chi connectivity index (χ4n) is 2.03. The highest BCUT2D eigenvalue weighted by molar-refractivity contribution is 5.99. The molecule has 0 amide bonds. The molecule has 3 aromatic rings. The van der Waals surface area contributed by atoms with Gasteiger partial charge in [0.15, 0.2) is 11.6 Å². The van der Waals surface area contributed by atoms with Gasteiger partial charge in [-0.3, -0.25) is 4.98 Å². The lowest BCUT2D eigenvalue weighted by Crippen LogP contribution is -1.96. The molecule has 0 atom stereocenters. The van der Waals surface area contributed by atoms with Crippen molar-refractivity contribution in [3.63, 3.8) is 0 Å². The smallest absolute Gasteiger partial charge is 0.160 e. The largest absolute Gasteiger partial charge is 0.397 e. The minimum absolute atomic E-state index is 0.457. The summed E-state index contributed by atoms with van der Waals surface area (Å²) < 4.78 is 26.1. The summed E-state index contributed by atoms with van der Waals surface area (Å²) in [6.45, 7) is 0. The first-order valence-electron chi connectivity index (χ1n) is 6.00. The van der Waals surface area contributed by atoms with Gasteiger partial charge in [0.2, 0.25) is 0 Å². The lowest BCUT2D eigenvalue weighted by atomic mass is 10.1. The van der Waals surface area contributed by atoms with Gasteiger partial charge in [0.05, 0.1) is 11.2 Å². The van der Waals surface area contributed by atoms with E-state index in [-0.39, 0.29) is 0 Å². The van der Waals surface area contributed by atoms with E-state index in [9.17, 15) is 8.78 Å². The number of fused-ring (bicyclic) bond motifs is 1. The molecule has 0 saturated carbocycles. The summed E-state index contributed by atoms with van der Waals surface area (Å²) in [6, 6.07) is 10.8. The van der Waals surface area contributed by atoms with Crippen LogP contribution in [-0.2, 0) is 0 Å². The predicted molar refractivity (Wildman–Crippen MR) is 75.8 cm³/mol. The number of hydrogen-bond donors (Lipinski definition) is 2. The lowest BCUT2D eigenvalue weighted by Gasteiger charge is -2.11. The van der Waals surface area contributed by atoms with Crippen LogP contribution in [0.25, 0.3) is 10.9 Å². The maximum Gasteiger partial charge on any atom is 0.160 e. The van der Waals surface area contributed by atoms with Crippen molar-refractivity contribution in [2.45, 2.75) is 0 Å². The van der Waals surface area contributed by atoms with Gasteiger partial charge in [-0.2, -0.15) is 0 Å². The molecule has 20 heavy (non-hydrogen) atoms. The molecule has 1 heterocycles. The molecule has 3 rings (SSSR count). The lowest BCUT2D eigenvalue weighted by molar-refractivity contribution is 0.509. The third-order valence-electron chi connectivity index (χ3n) is 3.00. The van der Waals surface area contributed by atoms with Crippen LogP contribution < -0.4 is 11.1 Å². The predicted octanol–water partition coefficient (Wildman–Crippen LogP) is 3.84. The monoisotopic (exact) mass is 271 g/mol. The van der Waals surface area contributed by atoms with Crippen LogP contribution in [0.2, 0.25) is 0 Å². The Hall–Kier alpha value is -2.69. The van der Waals surface area contributed by atoms with Gasteiger partial charge in [-0.15, -0.1) is 0 Å². The van der Waals surface area contributed by atoms with E-state index in [1.54, 1.807) is 24.4 Å². The van der Waals surface area contributed by atoms with E-state index in [4.69, 9.17) is 5.73 Å². The van der Waals surface area contributed by atoms with Gasteiger partial charge in [-0.1, -0.05) is 0 Å². The molecule has 0 saturated heterocycles. The summed E-state index contributed by atoms with van der Waals surface area (Å²) in [4.78, 5) is 4.22. The zero-order valence-electron chi connectivity index (χ0n) is 10.4. The van der Waals surface area contributed by atoms with Gasteiger partial charge in [0.25, 0.3) is 0 Å². The Kier molecular flexibility index (Phi) is 2.95. The van der Waals surface area contributed by atoms with Crippen LogP contribution in [0.15, 0.2) is 48.7 Å². The molecule has 0 aliphatic carbocycles. The zero-order chi connectivity index (χ0) is 14.1. The SMILES string of the molecule is Nc1ccc(Nc2ccc(F)c(F)c2)c2cccnc12. The van der Waals surface area contributed by atoms with Crippen LogP contribution in [-0.4, -0.2) is 4.98 Å². The van der Waals surface area contributed by atoms with Crippen molar-refractivity contribution in [3.8, 4) is 0 Å². The van der Waals surface area contributed by atoms with Gasteiger partial charge in [0, 0.05) is 29.0 Å². The Morgan fingerprint density at radius 3 is 2.65 bits per heavy atom. The molecule has 0 radical (unpaired) electrons. The van der Waals surface area contributed by atoms with Gasteiger partial charge in [-0.05, 0) is 36.4 Å². The quantitative estimate of drug-likeness (QED) is 0.696. The van der Waals surface area contributed by atoms with E-state index < -0.39 is 11.6 Å². The molecule has 5 heteroatoms. The first-order chi connectivity index (χ1) is 9.65. The number of pyridine rings is 1. The van der Waals surface area contributed by atoms with Crippen molar-refractivity contribution in [1.82, 2.24) is 4.98 Å². The summed E-state index contributed by atoms with van der Waals surface area (Å²) >= 11 is 0. The third kappa shape index (κ3) is 2.14. The number of anilines is 3. The topological polar surface area (TPSA) is 50.9 Å². The number of nitrogen functional groups attached to an aromatic ring is 1. The summed E-state index contributed by atoms with van der Waals surface area (Å²) in [5.41, 5.74) is 8.28. The maximum absolute atomic E-state index is 13.2. The number of halogens is 2. The minimum Gasteiger partial charge on any atom is -0.397 e. The van der Waals surface area contributed by atoms with E-state index in [1.807, 2.05) is 6.07 Å². The van der Waals surface area contributed by atoms with Crippen LogP contribution in [0.3, 0.4) is 0 Å². The fraction of sp³-hybridized carbons (Fsp3) is 0. The average molecular weight is 271 g/mol. The van der Waals surface area contributed by atoms with Crippen LogP contribution >= 0.6 is 0 Å². The first-order valence-corrected chi connectivity index (χ1v) is 6.00. The molecule has 3 N–H and O–H groups in total. The highest BCUT2D eigenvalue weighted by atomic mass is 19.2. The van der Waals surface area contributed by atoms with Crippen LogP contribution in [0, 0.1) is 11.6 Å². The Morgan fingerprint density at radius 2 is 1.85 bits per heavy atom. The number of benzene rings is 2. The fourth-order valence-corrected chi connectivity index (χ4v) is 2.03. The number of rotatable bonds is 2.